The molecule has 7 nitrogen and oxygen atoms in total. The van der Waals surface area contributed by atoms with Gasteiger partial charge in [-0.15, -0.1) is 0 Å². The maximum absolute atomic E-state index is 10.8. The summed E-state index contributed by atoms with van der Waals surface area (Å²) in [5, 5.41) is 29.9. The summed E-state index contributed by atoms with van der Waals surface area (Å²) in [7, 11) is 0. The minimum Gasteiger partial charge on any atom is -0.396 e. The Morgan fingerprint density at radius 3 is 2.35 bits per heavy atom. The van der Waals surface area contributed by atoms with Crippen molar-refractivity contribution in [1.82, 2.24) is 0 Å². The predicted octanol–water partition coefficient (Wildman–Crippen LogP) is 1.82. The number of nitrogens with zero attached hydrogens (tertiary/aromatic N) is 2. The van der Waals surface area contributed by atoms with Crippen LogP contribution >= 0.6 is 0 Å². The summed E-state index contributed by atoms with van der Waals surface area (Å²) in [4.78, 5) is 20.0. The lowest BCUT2D eigenvalue weighted by Crippen LogP contribution is -1.98. The minimum absolute atomic E-state index is 0.0286. The Balaban J connectivity index is 2.96. The standard InChI is InChI=1S/C10H12N2O5/c13-6-2-1-3-8-4-5-9(11(14)15)7-10(8)12(16)17/h4-5,7,13H,1-3,6H2. The molecule has 1 rings (SSSR count). The number of benzene rings is 1. The van der Waals surface area contributed by atoms with Crippen LogP contribution in [-0.2, 0) is 6.42 Å². The second-order valence-corrected chi connectivity index (χ2v) is 3.51. The molecule has 0 bridgehead atoms. The van der Waals surface area contributed by atoms with Gasteiger partial charge < -0.3 is 5.11 Å². The molecule has 17 heavy (non-hydrogen) atoms. The molecule has 1 aromatic carbocycles. The van der Waals surface area contributed by atoms with Gasteiger partial charge in [0, 0.05) is 18.2 Å². The second-order valence-electron chi connectivity index (χ2n) is 3.51. The van der Waals surface area contributed by atoms with E-state index in [2.05, 4.69) is 0 Å². The molecule has 0 radical (unpaired) electrons. The quantitative estimate of drug-likeness (QED) is 0.463. The van der Waals surface area contributed by atoms with E-state index in [0.29, 0.717) is 24.8 Å². The number of non-ortho nitro benzene ring substituents is 1. The number of aryl methyl sites for hydroxylation is 1. The van der Waals surface area contributed by atoms with Gasteiger partial charge in [-0.1, -0.05) is 0 Å². The van der Waals surface area contributed by atoms with Gasteiger partial charge in [-0.25, -0.2) is 0 Å². The highest BCUT2D eigenvalue weighted by molar-refractivity contribution is 5.49. The predicted molar refractivity (Wildman–Crippen MR) is 59.8 cm³/mol. The molecule has 1 N–H and O–H groups in total. The van der Waals surface area contributed by atoms with Crippen molar-refractivity contribution >= 4 is 11.4 Å². The molecule has 0 spiro atoms. The zero-order valence-corrected chi connectivity index (χ0v) is 9.04. The van der Waals surface area contributed by atoms with Crippen molar-refractivity contribution in [2.45, 2.75) is 19.3 Å². The van der Waals surface area contributed by atoms with Crippen molar-refractivity contribution in [1.29, 1.82) is 0 Å². The zero-order valence-electron chi connectivity index (χ0n) is 9.04. The molecular weight excluding hydrogens is 228 g/mol. The van der Waals surface area contributed by atoms with Gasteiger partial charge >= 0.3 is 0 Å². The molecule has 0 aromatic heterocycles. The van der Waals surface area contributed by atoms with Crippen molar-refractivity contribution in [2.24, 2.45) is 0 Å². The average Bonchev–Trinajstić information content (AvgIpc) is 2.29. The summed E-state index contributed by atoms with van der Waals surface area (Å²) in [5.74, 6) is 0. The average molecular weight is 240 g/mol. The Morgan fingerprint density at radius 1 is 1.12 bits per heavy atom. The van der Waals surface area contributed by atoms with Crippen LogP contribution in [0.3, 0.4) is 0 Å². The van der Waals surface area contributed by atoms with Crippen molar-refractivity contribution in [3.63, 3.8) is 0 Å². The van der Waals surface area contributed by atoms with E-state index in [4.69, 9.17) is 5.11 Å². The van der Waals surface area contributed by atoms with Crippen molar-refractivity contribution in [2.75, 3.05) is 6.61 Å². The smallest absolute Gasteiger partial charge is 0.279 e. The number of nitro benzene ring substituents is 2. The summed E-state index contributed by atoms with van der Waals surface area (Å²) in [6.07, 6.45) is 1.58. The number of hydrogen-bond donors (Lipinski definition) is 1. The molecule has 0 aliphatic carbocycles. The molecule has 0 amide bonds. The molecular formula is C10H12N2O5. The molecule has 0 saturated carbocycles. The van der Waals surface area contributed by atoms with Crippen LogP contribution in [0, 0.1) is 20.2 Å². The van der Waals surface area contributed by atoms with Crippen LogP contribution in [0.2, 0.25) is 0 Å². The first-order chi connectivity index (χ1) is 8.06. The summed E-state index contributed by atoms with van der Waals surface area (Å²) in [6.45, 7) is 0.0286. The van der Waals surface area contributed by atoms with E-state index in [1.807, 2.05) is 0 Å². The van der Waals surface area contributed by atoms with E-state index in [0.717, 1.165) is 6.07 Å². The first-order valence-electron chi connectivity index (χ1n) is 5.09. The van der Waals surface area contributed by atoms with Gasteiger partial charge in [-0.3, -0.25) is 20.2 Å². The normalized spacial score (nSPS) is 10.2. The van der Waals surface area contributed by atoms with E-state index >= 15 is 0 Å². The molecule has 0 atom stereocenters. The number of unbranched alkanes of at least 4 members (excludes halogenated alkanes) is 1. The minimum atomic E-state index is -0.662. The van der Waals surface area contributed by atoms with E-state index in [-0.39, 0.29) is 18.0 Å². The Morgan fingerprint density at radius 2 is 1.82 bits per heavy atom. The van der Waals surface area contributed by atoms with Gasteiger partial charge in [0.15, 0.2) is 0 Å². The van der Waals surface area contributed by atoms with Crippen LogP contribution in [0.4, 0.5) is 11.4 Å². The van der Waals surface area contributed by atoms with Crippen LogP contribution in [0.5, 0.6) is 0 Å². The van der Waals surface area contributed by atoms with Gasteiger partial charge in [0.25, 0.3) is 11.4 Å². The van der Waals surface area contributed by atoms with E-state index < -0.39 is 9.85 Å². The van der Waals surface area contributed by atoms with Crippen molar-refractivity contribution < 1.29 is 15.0 Å². The third-order valence-corrected chi connectivity index (χ3v) is 2.33. The van der Waals surface area contributed by atoms with E-state index in [1.165, 1.54) is 12.1 Å². The Labute approximate surface area is 97.0 Å². The zero-order chi connectivity index (χ0) is 12.8. The molecule has 7 heteroatoms. The first-order valence-corrected chi connectivity index (χ1v) is 5.09. The summed E-state index contributed by atoms with van der Waals surface area (Å²) < 4.78 is 0. The van der Waals surface area contributed by atoms with Crippen molar-refractivity contribution in [3.05, 3.63) is 44.0 Å². The largest absolute Gasteiger partial charge is 0.396 e. The SMILES string of the molecule is O=[N+]([O-])c1ccc(CCCCO)c([N+](=O)[O-])c1. The third kappa shape index (κ3) is 3.49. The number of nitro groups is 2. The highest BCUT2D eigenvalue weighted by atomic mass is 16.6. The van der Waals surface area contributed by atoms with Gasteiger partial charge in [-0.05, 0) is 25.3 Å². The number of rotatable bonds is 6. The van der Waals surface area contributed by atoms with E-state index in [1.54, 1.807) is 0 Å². The Hall–Kier alpha value is -2.02. The molecule has 0 aliphatic rings. The van der Waals surface area contributed by atoms with Crippen molar-refractivity contribution in [3.8, 4) is 0 Å². The molecule has 0 unspecified atom stereocenters. The Bertz CT molecular complexity index is 433. The highest BCUT2D eigenvalue weighted by Gasteiger charge is 2.18. The number of aliphatic hydroxyl groups excluding tert-OH is 1. The molecule has 92 valence electrons. The lowest BCUT2D eigenvalue weighted by atomic mass is 10.1. The summed E-state index contributed by atoms with van der Waals surface area (Å²) in [6, 6.07) is 3.61. The molecule has 0 aliphatic heterocycles. The topological polar surface area (TPSA) is 107 Å². The van der Waals surface area contributed by atoms with Gasteiger partial charge in [0.2, 0.25) is 0 Å². The summed E-state index contributed by atoms with van der Waals surface area (Å²) >= 11 is 0. The fourth-order valence-corrected chi connectivity index (χ4v) is 1.47. The molecule has 1 aromatic rings. The summed E-state index contributed by atoms with van der Waals surface area (Å²) in [5.41, 5.74) is -0.0752. The number of aliphatic hydroxyl groups is 1. The second kappa shape index (κ2) is 5.90. The maximum Gasteiger partial charge on any atom is 0.279 e. The van der Waals surface area contributed by atoms with Crippen LogP contribution in [0.15, 0.2) is 18.2 Å². The highest BCUT2D eigenvalue weighted by Crippen LogP contribution is 2.25. The number of hydrogen-bond acceptors (Lipinski definition) is 5. The Kier molecular flexibility index (Phi) is 4.53. The fraction of sp³-hybridized carbons (Fsp3) is 0.400. The third-order valence-electron chi connectivity index (χ3n) is 2.33. The van der Waals surface area contributed by atoms with Crippen LogP contribution in [-0.4, -0.2) is 21.6 Å². The molecule has 0 fully saturated rings. The molecule has 0 saturated heterocycles. The van der Waals surface area contributed by atoms with E-state index in [9.17, 15) is 20.2 Å². The monoisotopic (exact) mass is 240 g/mol. The molecule has 0 heterocycles. The fourth-order valence-electron chi connectivity index (χ4n) is 1.47. The van der Waals surface area contributed by atoms with Crippen LogP contribution in [0.1, 0.15) is 18.4 Å². The van der Waals surface area contributed by atoms with Crippen LogP contribution < -0.4 is 0 Å². The van der Waals surface area contributed by atoms with Crippen LogP contribution in [0.25, 0.3) is 0 Å². The van der Waals surface area contributed by atoms with Gasteiger partial charge in [0.1, 0.15) is 0 Å². The lowest BCUT2D eigenvalue weighted by Gasteiger charge is -2.02. The lowest BCUT2D eigenvalue weighted by molar-refractivity contribution is -0.394. The first kappa shape index (κ1) is 13.0. The van der Waals surface area contributed by atoms with Gasteiger partial charge in [-0.2, -0.15) is 0 Å². The van der Waals surface area contributed by atoms with Gasteiger partial charge in [0.05, 0.1) is 15.9 Å². The maximum atomic E-state index is 10.8.